The molecule has 0 saturated heterocycles. The van der Waals surface area contributed by atoms with Crippen molar-refractivity contribution in [3.63, 3.8) is 0 Å². The van der Waals surface area contributed by atoms with Crippen molar-refractivity contribution in [1.29, 1.82) is 0 Å². The largest absolute Gasteiger partial charge is 0.288 e. The zero-order valence-electron chi connectivity index (χ0n) is 8.74. The van der Waals surface area contributed by atoms with Gasteiger partial charge in [0.1, 0.15) is 4.34 Å². The van der Waals surface area contributed by atoms with Crippen molar-refractivity contribution in [2.45, 2.75) is 0 Å². The first kappa shape index (κ1) is 15.7. The van der Waals surface area contributed by atoms with Gasteiger partial charge in [-0.05, 0) is 12.1 Å². The molecular weight excluding hydrogens is 393 g/mol. The Hall–Kier alpha value is 0.330. The molecule has 1 aromatic heterocycles. The summed E-state index contributed by atoms with van der Waals surface area (Å²) in [6.45, 7) is 0. The summed E-state index contributed by atoms with van der Waals surface area (Å²) in [5, 5.41) is 0.321. The molecule has 0 radical (unpaired) electrons. The lowest BCUT2D eigenvalue weighted by atomic mass is 10.1. The maximum absolute atomic E-state index is 12.4. The molecule has 0 N–H and O–H groups in total. The molecule has 0 spiro atoms. The highest BCUT2D eigenvalue weighted by Gasteiger charge is 2.24. The SMILES string of the molecule is O=C(c1cc(Cl)sc1Cl)c1c(Cl)cc(Cl)c(Cl)c1Cl. The second-order valence-electron chi connectivity index (χ2n) is 3.41. The van der Waals surface area contributed by atoms with Crippen LogP contribution in [0.5, 0.6) is 0 Å². The highest BCUT2D eigenvalue weighted by Crippen LogP contribution is 2.40. The average Bonchev–Trinajstić information content (AvgIpc) is 2.65. The molecule has 0 fully saturated rings. The lowest BCUT2D eigenvalue weighted by molar-refractivity contribution is 0.103. The zero-order valence-corrected chi connectivity index (χ0v) is 14.1. The van der Waals surface area contributed by atoms with Gasteiger partial charge in [0.2, 0.25) is 0 Å². The molecule has 1 aromatic carbocycles. The number of carbonyl (C=O) groups is 1. The van der Waals surface area contributed by atoms with Crippen molar-refractivity contribution in [3.05, 3.63) is 52.0 Å². The molecule has 0 aliphatic rings. The first-order valence-electron chi connectivity index (χ1n) is 4.65. The van der Waals surface area contributed by atoms with Crippen LogP contribution in [0.3, 0.4) is 0 Å². The molecule has 2 aromatic rings. The summed E-state index contributed by atoms with van der Waals surface area (Å²) in [6, 6.07) is 2.80. The minimum Gasteiger partial charge on any atom is -0.288 e. The van der Waals surface area contributed by atoms with Gasteiger partial charge in [0, 0.05) is 0 Å². The Morgan fingerprint density at radius 1 is 0.895 bits per heavy atom. The number of thiophene rings is 1. The molecule has 0 saturated carbocycles. The third kappa shape index (κ3) is 3.01. The quantitative estimate of drug-likeness (QED) is 0.307. The van der Waals surface area contributed by atoms with Crippen molar-refractivity contribution in [3.8, 4) is 0 Å². The second kappa shape index (κ2) is 5.98. The van der Waals surface area contributed by atoms with Crippen molar-refractivity contribution in [2.24, 2.45) is 0 Å². The first-order chi connectivity index (χ1) is 8.82. The van der Waals surface area contributed by atoms with Gasteiger partial charge in [0.15, 0.2) is 5.78 Å². The Morgan fingerprint density at radius 2 is 1.53 bits per heavy atom. The van der Waals surface area contributed by atoms with Gasteiger partial charge in [-0.2, -0.15) is 0 Å². The van der Waals surface area contributed by atoms with Gasteiger partial charge in [-0.3, -0.25) is 4.79 Å². The van der Waals surface area contributed by atoms with Crippen LogP contribution in [0.2, 0.25) is 28.8 Å². The third-order valence-corrected chi connectivity index (χ3v) is 5.29. The fourth-order valence-corrected chi connectivity index (χ4v) is 3.95. The van der Waals surface area contributed by atoms with Gasteiger partial charge >= 0.3 is 0 Å². The minimum absolute atomic E-state index is 0.0115. The first-order valence-corrected chi connectivity index (χ1v) is 7.74. The summed E-state index contributed by atoms with van der Waals surface area (Å²) in [5.41, 5.74) is 0.271. The number of rotatable bonds is 2. The molecule has 2 rings (SSSR count). The van der Waals surface area contributed by atoms with Crippen LogP contribution in [0.15, 0.2) is 12.1 Å². The van der Waals surface area contributed by atoms with Gasteiger partial charge in [-0.25, -0.2) is 0 Å². The molecule has 1 nitrogen and oxygen atoms in total. The van der Waals surface area contributed by atoms with E-state index in [-0.39, 0.29) is 35.6 Å². The molecule has 19 heavy (non-hydrogen) atoms. The number of halogens is 6. The summed E-state index contributed by atoms with van der Waals surface area (Å²) in [4.78, 5) is 12.4. The second-order valence-corrected chi connectivity index (χ2v) is 7.27. The highest BCUT2D eigenvalue weighted by molar-refractivity contribution is 7.20. The van der Waals surface area contributed by atoms with E-state index >= 15 is 0 Å². The van der Waals surface area contributed by atoms with Crippen molar-refractivity contribution in [2.75, 3.05) is 0 Å². The summed E-state index contributed by atoms with van der Waals surface area (Å²) in [7, 11) is 0. The highest BCUT2D eigenvalue weighted by atomic mass is 35.5. The van der Waals surface area contributed by atoms with E-state index in [0.29, 0.717) is 4.34 Å². The minimum atomic E-state index is -0.457. The number of hydrogen-bond acceptors (Lipinski definition) is 2. The summed E-state index contributed by atoms with van der Waals surface area (Å²) >= 11 is 36.5. The van der Waals surface area contributed by atoms with Crippen LogP contribution in [0.25, 0.3) is 0 Å². The Kier molecular flexibility index (Phi) is 4.95. The lowest BCUT2D eigenvalue weighted by Gasteiger charge is -2.08. The maximum Gasteiger partial charge on any atom is 0.198 e. The molecular formula is C11H2Cl6OS. The molecule has 0 unspecified atom stereocenters. The van der Waals surface area contributed by atoms with E-state index in [0.717, 1.165) is 11.3 Å². The van der Waals surface area contributed by atoms with Crippen LogP contribution in [-0.2, 0) is 0 Å². The number of ketones is 1. The van der Waals surface area contributed by atoms with E-state index in [4.69, 9.17) is 69.6 Å². The Labute approximate surface area is 142 Å². The van der Waals surface area contributed by atoms with Gasteiger partial charge in [-0.1, -0.05) is 69.6 Å². The Balaban J connectivity index is 2.63. The van der Waals surface area contributed by atoms with E-state index in [9.17, 15) is 4.79 Å². The number of benzene rings is 1. The van der Waals surface area contributed by atoms with Crippen LogP contribution in [0, 0.1) is 0 Å². The standard InChI is InChI=1S/C11H2Cl6OS/c12-4-2-5(13)8(15)9(16)7(4)10(18)3-1-6(14)19-11(3)17/h1-2H. The van der Waals surface area contributed by atoms with Crippen LogP contribution in [0.1, 0.15) is 15.9 Å². The normalized spacial score (nSPS) is 10.8. The van der Waals surface area contributed by atoms with E-state index in [1.807, 2.05) is 0 Å². The van der Waals surface area contributed by atoms with Gasteiger partial charge in [0.25, 0.3) is 0 Å². The van der Waals surface area contributed by atoms with Crippen LogP contribution >= 0.6 is 80.9 Å². The molecule has 0 aliphatic carbocycles. The van der Waals surface area contributed by atoms with Gasteiger partial charge < -0.3 is 0 Å². The van der Waals surface area contributed by atoms with E-state index in [1.165, 1.54) is 12.1 Å². The van der Waals surface area contributed by atoms with Crippen LogP contribution in [0.4, 0.5) is 0 Å². The van der Waals surface area contributed by atoms with Crippen LogP contribution in [-0.4, -0.2) is 5.78 Å². The summed E-state index contributed by atoms with van der Waals surface area (Å²) in [6.07, 6.45) is 0. The van der Waals surface area contributed by atoms with Gasteiger partial charge in [0.05, 0.1) is 35.6 Å². The predicted molar refractivity (Wildman–Crippen MR) is 84.3 cm³/mol. The Bertz CT molecular complexity index is 678. The average molecular weight is 395 g/mol. The fraction of sp³-hybridized carbons (Fsp3) is 0. The van der Waals surface area contributed by atoms with Crippen molar-refractivity contribution < 1.29 is 4.79 Å². The predicted octanol–water partition coefficient (Wildman–Crippen LogP) is 6.90. The van der Waals surface area contributed by atoms with Crippen molar-refractivity contribution in [1.82, 2.24) is 0 Å². The third-order valence-electron chi connectivity index (χ3n) is 2.24. The lowest BCUT2D eigenvalue weighted by Crippen LogP contribution is -2.03. The molecule has 0 bridgehead atoms. The van der Waals surface area contributed by atoms with Crippen LogP contribution < -0.4 is 0 Å². The fourth-order valence-electron chi connectivity index (χ4n) is 1.40. The number of carbonyl (C=O) groups excluding carboxylic acids is 1. The zero-order chi connectivity index (χ0) is 14.3. The molecule has 0 aliphatic heterocycles. The smallest absolute Gasteiger partial charge is 0.198 e. The summed E-state index contributed by atoms with van der Waals surface area (Å²) < 4.78 is 0.647. The van der Waals surface area contributed by atoms with E-state index in [1.54, 1.807) is 0 Å². The Morgan fingerprint density at radius 3 is 2.05 bits per heavy atom. The maximum atomic E-state index is 12.4. The topological polar surface area (TPSA) is 17.1 Å². The van der Waals surface area contributed by atoms with E-state index < -0.39 is 5.78 Å². The summed E-state index contributed by atoms with van der Waals surface area (Å²) in [5.74, 6) is -0.457. The van der Waals surface area contributed by atoms with Crippen molar-refractivity contribution >= 4 is 86.7 Å². The van der Waals surface area contributed by atoms with E-state index in [2.05, 4.69) is 0 Å². The number of hydrogen-bond donors (Lipinski definition) is 0. The molecule has 8 heteroatoms. The molecule has 0 atom stereocenters. The van der Waals surface area contributed by atoms with Gasteiger partial charge in [-0.15, -0.1) is 11.3 Å². The molecule has 100 valence electrons. The molecule has 0 amide bonds. The molecule has 1 heterocycles. The monoisotopic (exact) mass is 392 g/mol.